The van der Waals surface area contributed by atoms with Crippen LogP contribution in [0.1, 0.15) is 19.8 Å². The summed E-state index contributed by atoms with van der Waals surface area (Å²) in [5.74, 6) is -0.864. The highest BCUT2D eigenvalue weighted by molar-refractivity contribution is 5.68. The molecular weight excluding hydrogens is 130 g/mol. The molecule has 0 bridgehead atoms. The van der Waals surface area contributed by atoms with E-state index in [0.717, 1.165) is 5.57 Å². The molecule has 54 valence electrons. The first kappa shape index (κ1) is 8.70. The molecule has 0 saturated heterocycles. The first-order valence-corrected chi connectivity index (χ1v) is 2.91. The molecule has 10 heavy (non-hydrogen) atoms. The highest BCUT2D eigenvalue weighted by Gasteiger charge is 1.92. The molecule has 0 spiro atoms. The van der Waals surface area contributed by atoms with Crippen LogP contribution in [0, 0.1) is 11.3 Å². The van der Waals surface area contributed by atoms with Crippen LogP contribution < -0.4 is 0 Å². The predicted octanol–water partition coefficient (Wildman–Crippen LogP) is 1.32. The SMILES string of the molecule is CC(=CCC(=O)O)CC#N. The van der Waals surface area contributed by atoms with E-state index < -0.39 is 5.97 Å². The number of nitriles is 1. The lowest BCUT2D eigenvalue weighted by molar-refractivity contribution is -0.136. The molecule has 0 radical (unpaired) electrons. The Bertz CT molecular complexity index is 188. The smallest absolute Gasteiger partial charge is 0.307 e. The van der Waals surface area contributed by atoms with E-state index in [4.69, 9.17) is 10.4 Å². The molecule has 1 N–H and O–H groups in total. The van der Waals surface area contributed by atoms with Gasteiger partial charge in [-0.1, -0.05) is 11.6 Å². The third-order valence-corrected chi connectivity index (χ3v) is 0.983. The number of allylic oxidation sites excluding steroid dienone is 1. The van der Waals surface area contributed by atoms with E-state index in [9.17, 15) is 4.79 Å². The fraction of sp³-hybridized carbons (Fsp3) is 0.429. The standard InChI is InChI=1S/C7H9NO2/c1-6(4-5-8)2-3-7(9)10/h2H,3-4H2,1H3,(H,9,10). The molecule has 0 rings (SSSR count). The zero-order valence-electron chi connectivity index (χ0n) is 5.79. The number of carbonyl (C=O) groups is 1. The number of carboxylic acids is 1. The second-order valence-electron chi connectivity index (χ2n) is 1.98. The van der Waals surface area contributed by atoms with Crippen molar-refractivity contribution < 1.29 is 9.90 Å². The molecule has 0 fully saturated rings. The van der Waals surface area contributed by atoms with Gasteiger partial charge < -0.3 is 5.11 Å². The number of hydrogen-bond donors (Lipinski definition) is 1. The summed E-state index contributed by atoms with van der Waals surface area (Å²) >= 11 is 0. The molecule has 0 aromatic carbocycles. The maximum absolute atomic E-state index is 9.98. The number of carboxylic acid groups (broad SMARTS) is 1. The molecule has 0 aromatic heterocycles. The lowest BCUT2D eigenvalue weighted by Gasteiger charge is -1.89. The summed E-state index contributed by atoms with van der Waals surface area (Å²) < 4.78 is 0. The number of nitrogens with zero attached hydrogens (tertiary/aromatic N) is 1. The van der Waals surface area contributed by atoms with Crippen molar-refractivity contribution in [1.82, 2.24) is 0 Å². The van der Waals surface area contributed by atoms with Gasteiger partial charge in [0.2, 0.25) is 0 Å². The van der Waals surface area contributed by atoms with Crippen LogP contribution in [0.2, 0.25) is 0 Å². The Kier molecular flexibility index (Phi) is 3.97. The van der Waals surface area contributed by atoms with Gasteiger partial charge in [-0.2, -0.15) is 5.26 Å². The second-order valence-corrected chi connectivity index (χ2v) is 1.98. The lowest BCUT2D eigenvalue weighted by Crippen LogP contribution is -1.90. The molecule has 0 aliphatic rings. The summed E-state index contributed by atoms with van der Waals surface area (Å²) in [4.78, 5) is 9.98. The molecule has 3 heteroatoms. The van der Waals surface area contributed by atoms with Gasteiger partial charge in [-0.3, -0.25) is 4.79 Å². The van der Waals surface area contributed by atoms with E-state index in [-0.39, 0.29) is 6.42 Å². The molecule has 0 aliphatic carbocycles. The lowest BCUT2D eigenvalue weighted by atomic mass is 10.2. The molecule has 0 amide bonds. The molecule has 0 saturated carbocycles. The third kappa shape index (κ3) is 4.85. The molecule has 0 aliphatic heterocycles. The van der Waals surface area contributed by atoms with Gasteiger partial charge in [0.15, 0.2) is 0 Å². The average Bonchev–Trinajstić information content (AvgIpc) is 1.85. The highest BCUT2D eigenvalue weighted by atomic mass is 16.4. The van der Waals surface area contributed by atoms with Gasteiger partial charge in [-0.25, -0.2) is 0 Å². The van der Waals surface area contributed by atoms with Gasteiger partial charge in [-0.15, -0.1) is 0 Å². The van der Waals surface area contributed by atoms with Crippen molar-refractivity contribution in [3.05, 3.63) is 11.6 Å². The maximum Gasteiger partial charge on any atom is 0.307 e. The van der Waals surface area contributed by atoms with E-state index in [1.807, 2.05) is 6.07 Å². The minimum atomic E-state index is -0.864. The second kappa shape index (κ2) is 4.57. The van der Waals surface area contributed by atoms with Crippen LogP contribution in [-0.2, 0) is 4.79 Å². The van der Waals surface area contributed by atoms with Crippen molar-refractivity contribution in [2.75, 3.05) is 0 Å². The predicted molar refractivity (Wildman–Crippen MR) is 36.2 cm³/mol. The molecule has 0 unspecified atom stereocenters. The Balaban J connectivity index is 3.71. The highest BCUT2D eigenvalue weighted by Crippen LogP contribution is 1.99. The maximum atomic E-state index is 9.98. The van der Waals surface area contributed by atoms with Crippen LogP contribution in [0.5, 0.6) is 0 Å². The summed E-state index contributed by atoms with van der Waals surface area (Å²) in [6.07, 6.45) is 1.87. The van der Waals surface area contributed by atoms with Crippen LogP contribution >= 0.6 is 0 Å². The zero-order chi connectivity index (χ0) is 7.98. The van der Waals surface area contributed by atoms with E-state index in [1.54, 1.807) is 13.0 Å². The van der Waals surface area contributed by atoms with Gasteiger partial charge in [0, 0.05) is 0 Å². The Morgan fingerprint density at radius 3 is 2.80 bits per heavy atom. The summed E-state index contributed by atoms with van der Waals surface area (Å²) in [6.45, 7) is 1.74. The van der Waals surface area contributed by atoms with Gasteiger partial charge in [0.05, 0.1) is 18.9 Å². The van der Waals surface area contributed by atoms with Crippen molar-refractivity contribution in [2.45, 2.75) is 19.8 Å². The summed E-state index contributed by atoms with van der Waals surface area (Å²) in [6, 6.07) is 1.93. The summed E-state index contributed by atoms with van der Waals surface area (Å²) in [5, 5.41) is 16.4. The van der Waals surface area contributed by atoms with Gasteiger partial charge in [0.25, 0.3) is 0 Å². The van der Waals surface area contributed by atoms with E-state index in [0.29, 0.717) is 6.42 Å². The molecular formula is C7H9NO2. The third-order valence-electron chi connectivity index (χ3n) is 0.983. The van der Waals surface area contributed by atoms with Gasteiger partial charge >= 0.3 is 5.97 Å². The Labute approximate surface area is 59.6 Å². The molecule has 0 aromatic rings. The monoisotopic (exact) mass is 139 g/mol. The average molecular weight is 139 g/mol. The van der Waals surface area contributed by atoms with Gasteiger partial charge in [-0.05, 0) is 6.92 Å². The van der Waals surface area contributed by atoms with E-state index in [2.05, 4.69) is 0 Å². The van der Waals surface area contributed by atoms with Crippen molar-refractivity contribution >= 4 is 5.97 Å². The molecule has 0 heterocycles. The van der Waals surface area contributed by atoms with Crippen LogP contribution in [0.3, 0.4) is 0 Å². The Morgan fingerprint density at radius 1 is 1.80 bits per heavy atom. The van der Waals surface area contributed by atoms with E-state index in [1.165, 1.54) is 0 Å². The van der Waals surface area contributed by atoms with Crippen LogP contribution in [0.25, 0.3) is 0 Å². The minimum absolute atomic E-state index is 0.00745. The first-order chi connectivity index (χ1) is 4.66. The van der Waals surface area contributed by atoms with Crippen LogP contribution in [0.4, 0.5) is 0 Å². The number of hydrogen-bond acceptors (Lipinski definition) is 2. The fourth-order valence-corrected chi connectivity index (χ4v) is 0.458. The number of rotatable bonds is 3. The topological polar surface area (TPSA) is 61.1 Å². The molecule has 3 nitrogen and oxygen atoms in total. The van der Waals surface area contributed by atoms with Crippen LogP contribution in [0.15, 0.2) is 11.6 Å². The van der Waals surface area contributed by atoms with Crippen molar-refractivity contribution in [1.29, 1.82) is 5.26 Å². The van der Waals surface area contributed by atoms with Crippen molar-refractivity contribution in [2.24, 2.45) is 0 Å². The van der Waals surface area contributed by atoms with E-state index >= 15 is 0 Å². The first-order valence-electron chi connectivity index (χ1n) is 2.91. The van der Waals surface area contributed by atoms with Crippen molar-refractivity contribution in [3.8, 4) is 6.07 Å². The fourth-order valence-electron chi connectivity index (χ4n) is 0.458. The summed E-state index contributed by atoms with van der Waals surface area (Å²) in [5.41, 5.74) is 0.810. The van der Waals surface area contributed by atoms with Crippen LogP contribution in [-0.4, -0.2) is 11.1 Å². The van der Waals surface area contributed by atoms with Gasteiger partial charge in [0.1, 0.15) is 0 Å². The summed E-state index contributed by atoms with van der Waals surface area (Å²) in [7, 11) is 0. The largest absolute Gasteiger partial charge is 0.481 e. The molecule has 0 atom stereocenters. The number of aliphatic carboxylic acids is 1. The van der Waals surface area contributed by atoms with Crippen molar-refractivity contribution in [3.63, 3.8) is 0 Å². The Hall–Kier alpha value is -1.30. The zero-order valence-corrected chi connectivity index (χ0v) is 5.79. The normalized spacial score (nSPS) is 10.6. The quantitative estimate of drug-likeness (QED) is 0.600. The minimum Gasteiger partial charge on any atom is -0.481 e. The Morgan fingerprint density at radius 2 is 2.40 bits per heavy atom.